The number of carbonyl (C=O) groups is 12. The quantitative estimate of drug-likeness (QED) is 0.112. The molecule has 0 spiro atoms. The van der Waals surface area contributed by atoms with E-state index in [1.807, 2.05) is 62.3 Å². The predicted molar refractivity (Wildman–Crippen MR) is 346 cm³/mol. The van der Waals surface area contributed by atoms with Gasteiger partial charge in [-0.05, 0) is 105 Å². The monoisotopic (exact) mass is 1280 g/mol. The largest absolute Gasteiger partial charge is 0.460 e. The van der Waals surface area contributed by atoms with Crippen LogP contribution in [0.2, 0.25) is 0 Å². The number of rotatable bonds is 18. The third-order valence-electron chi connectivity index (χ3n) is 16.5. The summed E-state index contributed by atoms with van der Waals surface area (Å²) in [5.74, 6) is -9.10. The van der Waals surface area contributed by atoms with Crippen LogP contribution < -0.4 is 21.3 Å². The molecule has 0 saturated carbocycles. The van der Waals surface area contributed by atoms with E-state index in [-0.39, 0.29) is 55.8 Å². The summed E-state index contributed by atoms with van der Waals surface area (Å²) in [6.45, 7) is 30.8. The molecule has 510 valence electrons. The second-order valence-corrected chi connectivity index (χ2v) is 28.3. The van der Waals surface area contributed by atoms with Crippen LogP contribution in [0.1, 0.15) is 163 Å². The van der Waals surface area contributed by atoms with Crippen LogP contribution in [0.25, 0.3) is 0 Å². The van der Waals surface area contributed by atoms with E-state index in [0.29, 0.717) is 12.2 Å². The van der Waals surface area contributed by atoms with Crippen molar-refractivity contribution in [3.05, 3.63) is 0 Å². The van der Waals surface area contributed by atoms with Crippen LogP contribution in [-0.4, -0.2) is 239 Å². The smallest absolute Gasteiger partial charge is 0.303 e. The van der Waals surface area contributed by atoms with Gasteiger partial charge < -0.3 is 60.3 Å². The fourth-order valence-corrected chi connectivity index (χ4v) is 12.0. The van der Waals surface area contributed by atoms with Crippen molar-refractivity contribution in [1.82, 2.24) is 55.6 Å². The van der Waals surface area contributed by atoms with Crippen LogP contribution in [-0.2, 0) is 62.3 Å². The highest BCUT2D eigenvalue weighted by molar-refractivity contribution is 7.99. The average molecular weight is 1280 g/mol. The van der Waals surface area contributed by atoms with Crippen LogP contribution in [0, 0.1) is 41.4 Å². The summed E-state index contributed by atoms with van der Waals surface area (Å²) in [5.41, 5.74) is 0. The van der Waals surface area contributed by atoms with E-state index >= 15 is 19.2 Å². The van der Waals surface area contributed by atoms with E-state index in [4.69, 9.17) is 4.74 Å². The lowest BCUT2D eigenvalue weighted by Gasteiger charge is -2.42. The molecule has 12 atom stereocenters. The molecule has 0 radical (unpaired) electrons. The number of ether oxygens (including phenoxy) is 1. The first-order chi connectivity index (χ1) is 41.1. The third-order valence-corrected chi connectivity index (χ3v) is 17.5. The molecule has 89 heavy (non-hydrogen) atoms. The lowest BCUT2D eigenvalue weighted by atomic mass is 9.91. The number of amides is 11. The molecule has 25 heteroatoms. The molecular weight excluding hydrogens is 1160 g/mol. The van der Waals surface area contributed by atoms with Crippen molar-refractivity contribution < 1.29 is 62.3 Å². The molecule has 11 amide bonds. The van der Waals surface area contributed by atoms with Gasteiger partial charge in [0.05, 0.1) is 6.54 Å². The topological polar surface area (TPSA) is 285 Å². The molecule has 1 heterocycles. The highest BCUT2D eigenvalue weighted by atomic mass is 32.2. The van der Waals surface area contributed by atoms with Gasteiger partial charge in [0.15, 0.2) is 0 Å². The van der Waals surface area contributed by atoms with E-state index in [2.05, 4.69) is 21.3 Å². The molecule has 24 nitrogen and oxygen atoms in total. The Hall–Kier alpha value is -6.01. The molecule has 0 aromatic rings. The number of nitrogens with zero attached hydrogens (tertiary/aromatic N) is 7. The Bertz CT molecular complexity index is 2420. The van der Waals surface area contributed by atoms with Crippen molar-refractivity contribution in [1.29, 1.82) is 0 Å². The second-order valence-electron chi connectivity index (χ2n) is 26.9. The van der Waals surface area contributed by atoms with Gasteiger partial charge in [0, 0.05) is 56.3 Å². The van der Waals surface area contributed by atoms with Crippen LogP contribution >= 0.6 is 11.8 Å². The number of esters is 1. The molecule has 0 aromatic carbocycles. The van der Waals surface area contributed by atoms with Crippen molar-refractivity contribution in [2.24, 2.45) is 41.4 Å². The summed E-state index contributed by atoms with van der Waals surface area (Å²) in [6.07, 6.45) is -0.236. The highest BCUT2D eigenvalue weighted by Crippen LogP contribution is 2.27. The van der Waals surface area contributed by atoms with Gasteiger partial charge in [-0.2, -0.15) is 11.8 Å². The van der Waals surface area contributed by atoms with Gasteiger partial charge >= 0.3 is 5.97 Å². The van der Waals surface area contributed by atoms with E-state index in [1.165, 1.54) is 94.6 Å². The van der Waals surface area contributed by atoms with Gasteiger partial charge in [-0.1, -0.05) is 104 Å². The SMILES string of the molecule is CCSCC[C@@H](C)[C@@H](OC(C)=O)C1C(=O)N[C@@H](CC)C(=O)N(C)CC(=O)N(C)[C@@H](CC(C)C)C(=O)N[C@@H](C(C)C)C(=O)N(C)[C@@H](CC(C)C)C(=O)N[C@@H](C)C(=O)N[C@H](C)C(=O)N(C)[C@@H](CC(C)C)C(=O)N(C)[C@@H](CC(C)C)C(=O)N(C)[C@@H](C(C)C)C(=O)N1C. The molecule has 1 aliphatic heterocycles. The maximum Gasteiger partial charge on any atom is 0.303 e. The van der Waals surface area contributed by atoms with Crippen molar-refractivity contribution in [2.45, 2.75) is 230 Å². The average Bonchev–Trinajstić information content (AvgIpc) is 0.961. The van der Waals surface area contributed by atoms with Crippen LogP contribution in [0.3, 0.4) is 0 Å². The van der Waals surface area contributed by atoms with Crippen molar-refractivity contribution in [3.63, 3.8) is 0 Å². The van der Waals surface area contributed by atoms with Gasteiger partial charge in [0.25, 0.3) is 0 Å². The first-order valence-electron chi connectivity index (χ1n) is 31.9. The number of nitrogens with one attached hydrogen (secondary N) is 4. The molecule has 4 N–H and O–H groups in total. The molecule has 1 unspecified atom stereocenters. The molecule has 1 fully saturated rings. The zero-order valence-electron chi connectivity index (χ0n) is 58.6. The zero-order valence-corrected chi connectivity index (χ0v) is 59.4. The maximum atomic E-state index is 15.4. The molecule has 0 aliphatic carbocycles. The number of hydrogen-bond acceptors (Lipinski definition) is 14. The Labute approximate surface area is 536 Å². The Balaban J connectivity index is 4.44. The van der Waals surface area contributed by atoms with Crippen molar-refractivity contribution >= 4 is 82.7 Å². The lowest BCUT2D eigenvalue weighted by molar-refractivity contribution is -0.164. The van der Waals surface area contributed by atoms with Crippen LogP contribution in [0.5, 0.6) is 0 Å². The summed E-state index contributed by atoms with van der Waals surface area (Å²) in [7, 11) is 9.94. The minimum atomic E-state index is -1.58. The van der Waals surface area contributed by atoms with Gasteiger partial charge in [-0.25, -0.2) is 0 Å². The number of thioether (sulfide) groups is 1. The van der Waals surface area contributed by atoms with E-state index in [0.717, 1.165) is 15.6 Å². The van der Waals surface area contributed by atoms with E-state index in [9.17, 15) is 38.4 Å². The fourth-order valence-electron chi connectivity index (χ4n) is 11.1. The van der Waals surface area contributed by atoms with Crippen LogP contribution in [0.15, 0.2) is 0 Å². The van der Waals surface area contributed by atoms with Crippen LogP contribution in [0.4, 0.5) is 0 Å². The normalized spacial score (nSPS) is 26.1. The number of hydrogen-bond donors (Lipinski definition) is 4. The molecule has 1 rings (SSSR count). The van der Waals surface area contributed by atoms with Crippen molar-refractivity contribution in [2.75, 3.05) is 67.4 Å². The summed E-state index contributed by atoms with van der Waals surface area (Å²) >= 11 is 1.63. The van der Waals surface area contributed by atoms with Crippen molar-refractivity contribution in [3.8, 4) is 0 Å². The molecule has 0 aromatic heterocycles. The minimum absolute atomic E-state index is 0.00571. The summed E-state index contributed by atoms with van der Waals surface area (Å²) in [5, 5.41) is 11.1. The first kappa shape index (κ1) is 81.0. The van der Waals surface area contributed by atoms with E-state index in [1.54, 1.807) is 53.3 Å². The number of carbonyl (C=O) groups excluding carboxylic acids is 12. The lowest BCUT2D eigenvalue weighted by Crippen LogP contribution is -2.64. The van der Waals surface area contributed by atoms with Gasteiger partial charge in [-0.15, -0.1) is 0 Å². The minimum Gasteiger partial charge on any atom is -0.460 e. The fraction of sp³-hybridized carbons (Fsp3) is 0.812. The molecule has 1 saturated heterocycles. The third kappa shape index (κ3) is 23.6. The van der Waals surface area contributed by atoms with E-state index < -0.39 is 162 Å². The standard InChI is InChI=1S/C64H115N11O13S/c1-26-45-60(83)69(19)34-50(77)70(20)46(30-35(3)4)57(80)68-51(39(11)12)63(86)71(21)47(31-36(5)6)56(79)65-42(16)55(78)66-43(17)59(82)72(22)48(32-37(7)8)61(84)73(23)49(33-38(9)10)62(85)74(24)52(40(13)14)64(87)75(25)53(58(81)67-45)54(88-44(18)76)41(15)28-29-89-27-2/h35-43,45-49,51-54H,26-34H2,1-25H3,(H,65,79)(H,66,78)(H,67,81)(H,68,80)/t41-,42+,43-,45+,46+,47+,48+,49+,51+,52+,53?,54-/m1/s1. The first-order valence-corrected chi connectivity index (χ1v) is 33.1. The maximum absolute atomic E-state index is 15.4. The van der Waals surface area contributed by atoms with Gasteiger partial charge in [0.1, 0.15) is 66.5 Å². The molecular formula is C64H115N11O13S. The molecule has 0 bridgehead atoms. The number of likely N-dealkylation sites (N-methyl/N-ethyl adjacent to an activating group) is 7. The Morgan fingerprint density at radius 1 is 0.483 bits per heavy atom. The highest BCUT2D eigenvalue weighted by Gasteiger charge is 2.47. The summed E-state index contributed by atoms with van der Waals surface area (Å²) in [4.78, 5) is 183. The second kappa shape index (κ2) is 37.4. The Kier molecular flexibility index (Phi) is 34.0. The zero-order chi connectivity index (χ0) is 69.0. The summed E-state index contributed by atoms with van der Waals surface area (Å²) in [6, 6.07) is -12.4. The molecule has 1 aliphatic rings. The Morgan fingerprint density at radius 2 is 0.910 bits per heavy atom. The van der Waals surface area contributed by atoms with Gasteiger partial charge in [-0.3, -0.25) is 57.5 Å². The Morgan fingerprint density at radius 3 is 1.36 bits per heavy atom. The van der Waals surface area contributed by atoms with Gasteiger partial charge in [0.2, 0.25) is 65.0 Å². The predicted octanol–water partition coefficient (Wildman–Crippen LogP) is 4.02. The summed E-state index contributed by atoms with van der Waals surface area (Å²) < 4.78 is 5.99.